The van der Waals surface area contributed by atoms with Gasteiger partial charge in [0, 0.05) is 10.4 Å². The van der Waals surface area contributed by atoms with E-state index < -0.39 is 11.9 Å². The van der Waals surface area contributed by atoms with Gasteiger partial charge in [-0.05, 0) is 24.3 Å². The summed E-state index contributed by atoms with van der Waals surface area (Å²) < 4.78 is 37.3. The zero-order valence-corrected chi connectivity index (χ0v) is 9.16. The number of nitrogens with zero attached hydrogens (tertiary/aromatic N) is 1. The molecular weight excluding hydrogens is 262 g/mol. The Balaban J connectivity index is 2.75. The summed E-state index contributed by atoms with van der Waals surface area (Å²) in [5, 5.41) is 0.767. The zero-order valence-electron chi connectivity index (χ0n) is 7.65. The second kappa shape index (κ2) is 3.79. The van der Waals surface area contributed by atoms with Gasteiger partial charge < -0.3 is 0 Å². The monoisotopic (exact) mass is 265 g/mol. The van der Waals surface area contributed by atoms with Crippen molar-refractivity contribution in [3.63, 3.8) is 0 Å². The van der Waals surface area contributed by atoms with E-state index in [0.717, 1.165) is 6.07 Å². The number of hydrogen-bond acceptors (Lipinski definition) is 1. The minimum absolute atomic E-state index is 0.00833. The van der Waals surface area contributed by atoms with E-state index in [-0.39, 0.29) is 10.5 Å². The number of aromatic nitrogens is 1. The maximum atomic E-state index is 12.4. The van der Waals surface area contributed by atoms with Crippen LogP contribution in [0.1, 0.15) is 5.69 Å². The first-order valence-corrected chi connectivity index (χ1v) is 4.96. The third-order valence-electron chi connectivity index (χ3n) is 2.01. The molecule has 0 N–H and O–H groups in total. The number of alkyl halides is 3. The average Bonchev–Trinajstić information content (AvgIpc) is 2.15. The molecule has 1 nitrogen and oxygen atoms in total. The van der Waals surface area contributed by atoms with E-state index >= 15 is 0 Å². The normalized spacial score (nSPS) is 12.1. The van der Waals surface area contributed by atoms with Crippen molar-refractivity contribution in [2.45, 2.75) is 6.18 Å². The van der Waals surface area contributed by atoms with Crippen LogP contribution in [0.4, 0.5) is 13.2 Å². The number of fused-ring (bicyclic) bond motifs is 1. The third kappa shape index (κ3) is 2.08. The molecule has 0 radical (unpaired) electrons. The molecule has 16 heavy (non-hydrogen) atoms. The van der Waals surface area contributed by atoms with E-state index in [0.29, 0.717) is 10.4 Å². The van der Waals surface area contributed by atoms with Gasteiger partial charge in [0.05, 0.1) is 10.5 Å². The zero-order chi connectivity index (χ0) is 11.9. The van der Waals surface area contributed by atoms with Crippen molar-refractivity contribution in [1.82, 2.24) is 4.98 Å². The van der Waals surface area contributed by atoms with Crippen molar-refractivity contribution in [2.24, 2.45) is 0 Å². The van der Waals surface area contributed by atoms with Gasteiger partial charge in [-0.25, -0.2) is 4.98 Å². The summed E-state index contributed by atoms with van der Waals surface area (Å²) in [5.41, 5.74) is -0.889. The van der Waals surface area contributed by atoms with E-state index in [1.807, 2.05) is 0 Å². The highest BCUT2D eigenvalue weighted by atomic mass is 35.5. The lowest BCUT2D eigenvalue weighted by Gasteiger charge is -2.08. The van der Waals surface area contributed by atoms with E-state index in [4.69, 9.17) is 23.2 Å². The Kier molecular flexibility index (Phi) is 2.72. The lowest BCUT2D eigenvalue weighted by atomic mass is 10.2. The summed E-state index contributed by atoms with van der Waals surface area (Å²) in [7, 11) is 0. The van der Waals surface area contributed by atoms with Gasteiger partial charge in [0.2, 0.25) is 0 Å². The molecule has 1 aromatic carbocycles. The third-order valence-corrected chi connectivity index (χ3v) is 2.56. The topological polar surface area (TPSA) is 12.9 Å². The lowest BCUT2D eigenvalue weighted by Crippen LogP contribution is -2.07. The fourth-order valence-electron chi connectivity index (χ4n) is 1.30. The Morgan fingerprint density at radius 1 is 1.06 bits per heavy atom. The van der Waals surface area contributed by atoms with Crippen molar-refractivity contribution < 1.29 is 13.2 Å². The SMILES string of the molecule is FC(F)(F)c1cc(Cl)c2ccc(Cl)cc2n1. The summed E-state index contributed by atoms with van der Waals surface area (Å²) in [6.07, 6.45) is -4.51. The molecule has 84 valence electrons. The van der Waals surface area contributed by atoms with Gasteiger partial charge >= 0.3 is 6.18 Å². The number of benzene rings is 1. The van der Waals surface area contributed by atoms with Gasteiger partial charge in [-0.3, -0.25) is 0 Å². The quantitative estimate of drug-likeness (QED) is 0.681. The number of hydrogen-bond donors (Lipinski definition) is 0. The van der Waals surface area contributed by atoms with Crippen molar-refractivity contribution in [1.29, 1.82) is 0 Å². The standard InChI is InChI=1S/C10H4Cl2F3N/c11-5-1-2-6-7(12)4-9(10(13,14)15)16-8(6)3-5/h1-4H. The molecule has 0 saturated carbocycles. The Morgan fingerprint density at radius 2 is 1.75 bits per heavy atom. The summed E-state index contributed by atoms with van der Waals surface area (Å²) in [6, 6.07) is 5.23. The average molecular weight is 266 g/mol. The van der Waals surface area contributed by atoms with E-state index in [1.165, 1.54) is 12.1 Å². The van der Waals surface area contributed by atoms with Crippen LogP contribution in [0.5, 0.6) is 0 Å². The number of halogens is 5. The van der Waals surface area contributed by atoms with Crippen LogP contribution in [0, 0.1) is 0 Å². The Morgan fingerprint density at radius 3 is 2.38 bits per heavy atom. The highest BCUT2D eigenvalue weighted by molar-refractivity contribution is 6.36. The van der Waals surface area contributed by atoms with Crippen LogP contribution in [0.2, 0.25) is 10.0 Å². The van der Waals surface area contributed by atoms with Crippen LogP contribution in [-0.4, -0.2) is 4.98 Å². The summed E-state index contributed by atoms with van der Waals surface area (Å²) in [6.45, 7) is 0. The fraction of sp³-hybridized carbons (Fsp3) is 0.100. The smallest absolute Gasteiger partial charge is 0.243 e. The predicted molar refractivity (Wildman–Crippen MR) is 56.8 cm³/mol. The van der Waals surface area contributed by atoms with Crippen LogP contribution < -0.4 is 0 Å². The molecule has 0 aliphatic heterocycles. The molecule has 2 aromatic rings. The first-order chi connectivity index (χ1) is 7.38. The van der Waals surface area contributed by atoms with Crippen molar-refractivity contribution in [3.8, 4) is 0 Å². The van der Waals surface area contributed by atoms with E-state index in [1.54, 1.807) is 6.07 Å². The first kappa shape index (κ1) is 11.5. The molecule has 0 amide bonds. The van der Waals surface area contributed by atoms with Crippen LogP contribution in [-0.2, 0) is 6.18 Å². The minimum atomic E-state index is -4.51. The van der Waals surface area contributed by atoms with Gasteiger partial charge in [-0.2, -0.15) is 13.2 Å². The molecule has 6 heteroatoms. The van der Waals surface area contributed by atoms with Crippen LogP contribution in [0.25, 0.3) is 10.9 Å². The number of rotatable bonds is 0. The molecular formula is C10H4Cl2F3N. The minimum Gasteiger partial charge on any atom is -0.243 e. The first-order valence-electron chi connectivity index (χ1n) is 4.21. The van der Waals surface area contributed by atoms with Crippen molar-refractivity contribution >= 4 is 34.1 Å². The van der Waals surface area contributed by atoms with Gasteiger partial charge in [0.25, 0.3) is 0 Å². The van der Waals surface area contributed by atoms with Gasteiger partial charge in [0.15, 0.2) is 0 Å². The molecule has 1 aromatic heterocycles. The summed E-state index contributed by atoms with van der Waals surface area (Å²) in [4.78, 5) is 3.47. The summed E-state index contributed by atoms with van der Waals surface area (Å²) in [5.74, 6) is 0. The summed E-state index contributed by atoms with van der Waals surface area (Å²) >= 11 is 11.4. The molecule has 0 atom stereocenters. The molecule has 0 fully saturated rings. The molecule has 2 rings (SSSR count). The Hall–Kier alpha value is -1.00. The predicted octanol–water partition coefficient (Wildman–Crippen LogP) is 4.56. The van der Waals surface area contributed by atoms with E-state index in [9.17, 15) is 13.2 Å². The Labute approximate surface area is 98.8 Å². The highest BCUT2D eigenvalue weighted by Crippen LogP contribution is 2.33. The molecule has 1 heterocycles. The van der Waals surface area contributed by atoms with Gasteiger partial charge in [-0.1, -0.05) is 23.2 Å². The maximum absolute atomic E-state index is 12.4. The molecule has 0 bridgehead atoms. The lowest BCUT2D eigenvalue weighted by molar-refractivity contribution is -0.140. The molecule has 0 aliphatic rings. The number of pyridine rings is 1. The second-order valence-corrected chi connectivity index (χ2v) is 3.99. The van der Waals surface area contributed by atoms with Crippen LogP contribution >= 0.6 is 23.2 Å². The largest absolute Gasteiger partial charge is 0.433 e. The molecule has 0 spiro atoms. The van der Waals surface area contributed by atoms with Crippen molar-refractivity contribution in [3.05, 3.63) is 40.0 Å². The fourth-order valence-corrected chi connectivity index (χ4v) is 1.73. The molecule has 0 saturated heterocycles. The molecule has 0 aliphatic carbocycles. The highest BCUT2D eigenvalue weighted by Gasteiger charge is 2.33. The molecule has 0 unspecified atom stereocenters. The van der Waals surface area contributed by atoms with Gasteiger partial charge in [0.1, 0.15) is 5.69 Å². The van der Waals surface area contributed by atoms with E-state index in [2.05, 4.69) is 4.98 Å². The van der Waals surface area contributed by atoms with Crippen LogP contribution in [0.3, 0.4) is 0 Å². The van der Waals surface area contributed by atoms with Crippen LogP contribution in [0.15, 0.2) is 24.3 Å². The maximum Gasteiger partial charge on any atom is 0.433 e. The Bertz CT molecular complexity index is 551. The van der Waals surface area contributed by atoms with Gasteiger partial charge in [-0.15, -0.1) is 0 Å². The van der Waals surface area contributed by atoms with Crippen molar-refractivity contribution in [2.75, 3.05) is 0 Å². The second-order valence-electron chi connectivity index (χ2n) is 3.15.